The SMILES string of the molecule is Cc1cc(N)c(C(=O)CCC(=O)O)cc1C.Cl.O. The van der Waals surface area contributed by atoms with Gasteiger partial charge in [-0.2, -0.15) is 0 Å². The molecule has 0 aliphatic rings. The molecule has 5 N–H and O–H groups in total. The topological polar surface area (TPSA) is 112 Å². The molecule has 5 nitrogen and oxygen atoms in total. The van der Waals surface area contributed by atoms with Gasteiger partial charge in [-0.3, -0.25) is 9.59 Å². The van der Waals surface area contributed by atoms with Gasteiger partial charge < -0.3 is 16.3 Å². The zero-order valence-electron chi connectivity index (χ0n) is 10.3. The van der Waals surface area contributed by atoms with Gasteiger partial charge >= 0.3 is 5.97 Å². The lowest BCUT2D eigenvalue weighted by atomic mass is 9.99. The van der Waals surface area contributed by atoms with Gasteiger partial charge in [0.1, 0.15) is 0 Å². The molecule has 0 aliphatic carbocycles. The lowest BCUT2D eigenvalue weighted by Crippen LogP contribution is -2.07. The van der Waals surface area contributed by atoms with E-state index < -0.39 is 5.97 Å². The Balaban J connectivity index is 0. The zero-order valence-corrected chi connectivity index (χ0v) is 11.1. The van der Waals surface area contributed by atoms with Crippen molar-refractivity contribution in [2.24, 2.45) is 0 Å². The number of hydrogen-bond donors (Lipinski definition) is 2. The van der Waals surface area contributed by atoms with E-state index >= 15 is 0 Å². The van der Waals surface area contributed by atoms with Crippen LogP contribution >= 0.6 is 12.4 Å². The molecule has 0 amide bonds. The van der Waals surface area contributed by atoms with Crippen LogP contribution in [0.2, 0.25) is 0 Å². The van der Waals surface area contributed by atoms with Gasteiger partial charge in [0.15, 0.2) is 5.78 Å². The number of rotatable bonds is 4. The van der Waals surface area contributed by atoms with Crippen LogP contribution in [0, 0.1) is 13.8 Å². The molecule has 0 aromatic heterocycles. The van der Waals surface area contributed by atoms with Crippen LogP contribution in [0.5, 0.6) is 0 Å². The number of anilines is 1. The predicted octanol–water partition coefficient (Wildman–Crippen LogP) is 1.53. The second kappa shape index (κ2) is 7.68. The number of hydrogen-bond acceptors (Lipinski definition) is 3. The summed E-state index contributed by atoms with van der Waals surface area (Å²) in [6.45, 7) is 3.81. The lowest BCUT2D eigenvalue weighted by molar-refractivity contribution is -0.136. The van der Waals surface area contributed by atoms with Crippen molar-refractivity contribution in [1.29, 1.82) is 0 Å². The zero-order chi connectivity index (χ0) is 12.3. The maximum atomic E-state index is 11.7. The highest BCUT2D eigenvalue weighted by atomic mass is 35.5. The number of halogens is 1. The number of aryl methyl sites for hydroxylation is 2. The molecule has 1 aromatic carbocycles. The lowest BCUT2D eigenvalue weighted by Gasteiger charge is -2.08. The molecule has 0 saturated heterocycles. The molecule has 0 heterocycles. The minimum atomic E-state index is -0.976. The minimum absolute atomic E-state index is 0. The van der Waals surface area contributed by atoms with E-state index in [0.717, 1.165) is 11.1 Å². The van der Waals surface area contributed by atoms with Crippen LogP contribution in [-0.4, -0.2) is 22.3 Å². The number of nitrogens with two attached hydrogens (primary N) is 1. The van der Waals surface area contributed by atoms with Gasteiger partial charge in [0.25, 0.3) is 0 Å². The predicted molar refractivity (Wildman–Crippen MR) is 72.4 cm³/mol. The van der Waals surface area contributed by atoms with Gasteiger partial charge in [0, 0.05) is 17.7 Å². The molecule has 6 heteroatoms. The number of carboxylic acids is 1. The molecule has 18 heavy (non-hydrogen) atoms. The highest BCUT2D eigenvalue weighted by Crippen LogP contribution is 2.19. The van der Waals surface area contributed by atoms with E-state index in [-0.39, 0.29) is 36.5 Å². The number of nitrogen functional groups attached to an aromatic ring is 1. The largest absolute Gasteiger partial charge is 0.481 e. The van der Waals surface area contributed by atoms with Crippen LogP contribution in [0.25, 0.3) is 0 Å². The molecule has 0 spiro atoms. The Kier molecular flexibility index (Phi) is 8.01. The van der Waals surface area contributed by atoms with Crippen molar-refractivity contribution in [3.63, 3.8) is 0 Å². The van der Waals surface area contributed by atoms with Crippen LogP contribution in [0.15, 0.2) is 12.1 Å². The fraction of sp³-hybridized carbons (Fsp3) is 0.333. The smallest absolute Gasteiger partial charge is 0.303 e. The molecule has 0 unspecified atom stereocenters. The molecule has 0 fully saturated rings. The summed E-state index contributed by atoms with van der Waals surface area (Å²) in [6.07, 6.45) is -0.173. The number of ketones is 1. The highest BCUT2D eigenvalue weighted by molar-refractivity contribution is 6.02. The Morgan fingerprint density at radius 3 is 2.17 bits per heavy atom. The molecular formula is C12H18ClNO4. The first-order valence-electron chi connectivity index (χ1n) is 5.03. The van der Waals surface area contributed by atoms with Crippen LogP contribution in [0.3, 0.4) is 0 Å². The highest BCUT2D eigenvalue weighted by Gasteiger charge is 2.12. The summed E-state index contributed by atoms with van der Waals surface area (Å²) in [6, 6.07) is 3.46. The van der Waals surface area contributed by atoms with Crippen LogP contribution in [0.1, 0.15) is 34.3 Å². The maximum absolute atomic E-state index is 11.7. The van der Waals surface area contributed by atoms with Gasteiger partial charge in [-0.25, -0.2) is 0 Å². The van der Waals surface area contributed by atoms with Crippen molar-refractivity contribution in [1.82, 2.24) is 0 Å². The van der Waals surface area contributed by atoms with E-state index in [1.807, 2.05) is 13.8 Å². The monoisotopic (exact) mass is 275 g/mol. The normalized spacial score (nSPS) is 9.00. The number of benzene rings is 1. The summed E-state index contributed by atoms with van der Waals surface area (Å²) >= 11 is 0. The van der Waals surface area contributed by atoms with Crippen LogP contribution in [-0.2, 0) is 4.79 Å². The second-order valence-corrected chi connectivity index (χ2v) is 3.84. The van der Waals surface area contributed by atoms with Gasteiger partial charge in [-0.05, 0) is 37.1 Å². The molecule has 1 aromatic rings. The van der Waals surface area contributed by atoms with E-state index in [1.165, 1.54) is 0 Å². The van der Waals surface area contributed by atoms with E-state index in [2.05, 4.69) is 0 Å². The van der Waals surface area contributed by atoms with Crippen molar-refractivity contribution in [2.45, 2.75) is 26.7 Å². The summed E-state index contributed by atoms with van der Waals surface area (Å²) < 4.78 is 0. The van der Waals surface area contributed by atoms with E-state index in [9.17, 15) is 9.59 Å². The van der Waals surface area contributed by atoms with E-state index in [0.29, 0.717) is 11.3 Å². The maximum Gasteiger partial charge on any atom is 0.303 e. The number of Topliss-reactive ketones (excluding diaryl/α,β-unsaturated/α-hetero) is 1. The summed E-state index contributed by atoms with van der Waals surface area (Å²) in [5, 5.41) is 8.49. The average molecular weight is 276 g/mol. The molecule has 0 atom stereocenters. The van der Waals surface area contributed by atoms with Crippen LogP contribution in [0.4, 0.5) is 5.69 Å². The van der Waals surface area contributed by atoms with Gasteiger partial charge in [0.2, 0.25) is 0 Å². The molecular weight excluding hydrogens is 258 g/mol. The standard InChI is InChI=1S/C12H15NO3.ClH.H2O/c1-7-5-9(10(13)6-8(7)2)11(14)3-4-12(15)16;;/h5-6H,3-4,13H2,1-2H3,(H,15,16);1H;1H2. The first kappa shape index (κ1) is 18.8. The second-order valence-electron chi connectivity index (χ2n) is 3.84. The first-order valence-corrected chi connectivity index (χ1v) is 5.03. The van der Waals surface area contributed by atoms with Crippen molar-refractivity contribution >= 4 is 29.8 Å². The third-order valence-electron chi connectivity index (χ3n) is 2.53. The van der Waals surface area contributed by atoms with Crippen molar-refractivity contribution in [2.75, 3.05) is 5.73 Å². The Hall–Kier alpha value is -1.59. The van der Waals surface area contributed by atoms with Gasteiger partial charge in [-0.1, -0.05) is 0 Å². The molecule has 1 rings (SSSR count). The fourth-order valence-electron chi connectivity index (χ4n) is 1.44. The fourth-order valence-corrected chi connectivity index (χ4v) is 1.44. The number of carboxylic acid groups (broad SMARTS) is 1. The third kappa shape index (κ3) is 4.73. The molecule has 0 bridgehead atoms. The Morgan fingerprint density at radius 1 is 1.17 bits per heavy atom. The van der Waals surface area contributed by atoms with Crippen molar-refractivity contribution < 1.29 is 20.2 Å². The molecule has 0 aliphatic heterocycles. The summed E-state index contributed by atoms with van der Waals surface area (Å²) in [5.74, 6) is -1.20. The third-order valence-corrected chi connectivity index (χ3v) is 2.53. The molecule has 0 saturated carbocycles. The Labute approximate surface area is 112 Å². The van der Waals surface area contributed by atoms with Crippen LogP contribution < -0.4 is 5.73 Å². The quantitative estimate of drug-likeness (QED) is 0.641. The van der Waals surface area contributed by atoms with E-state index in [1.54, 1.807) is 12.1 Å². The Morgan fingerprint density at radius 2 is 1.67 bits per heavy atom. The molecule has 0 radical (unpaired) electrons. The molecule has 102 valence electrons. The van der Waals surface area contributed by atoms with Gasteiger partial charge in [-0.15, -0.1) is 12.4 Å². The number of carbonyl (C=O) groups excluding carboxylic acids is 1. The minimum Gasteiger partial charge on any atom is -0.481 e. The summed E-state index contributed by atoms with van der Waals surface area (Å²) in [5.41, 5.74) is 8.57. The summed E-state index contributed by atoms with van der Waals surface area (Å²) in [4.78, 5) is 22.0. The average Bonchev–Trinajstić information content (AvgIpc) is 2.20. The number of aliphatic carboxylic acids is 1. The van der Waals surface area contributed by atoms with E-state index in [4.69, 9.17) is 10.8 Å². The Bertz CT molecular complexity index is 446. The van der Waals surface area contributed by atoms with Crippen molar-refractivity contribution in [3.05, 3.63) is 28.8 Å². The number of carbonyl (C=O) groups is 2. The van der Waals surface area contributed by atoms with Gasteiger partial charge in [0.05, 0.1) is 6.42 Å². The first-order chi connectivity index (χ1) is 7.41. The summed E-state index contributed by atoms with van der Waals surface area (Å²) in [7, 11) is 0. The van der Waals surface area contributed by atoms with Crippen molar-refractivity contribution in [3.8, 4) is 0 Å².